The fourth-order valence-electron chi connectivity index (χ4n) is 3.50. The molecule has 150 valence electrons. The summed E-state index contributed by atoms with van der Waals surface area (Å²) in [5.74, 6) is 1.11. The molecule has 2 aromatic rings. The molecule has 0 aliphatic carbocycles. The van der Waals surface area contributed by atoms with Gasteiger partial charge < -0.3 is 24.0 Å². The summed E-state index contributed by atoms with van der Waals surface area (Å²) in [7, 11) is 4.58. The van der Waals surface area contributed by atoms with Gasteiger partial charge in [-0.1, -0.05) is 18.2 Å². The molecule has 1 heterocycles. The van der Waals surface area contributed by atoms with Gasteiger partial charge in [0.05, 0.1) is 47.5 Å². The highest BCUT2D eigenvalue weighted by atomic mass is 19.1. The van der Waals surface area contributed by atoms with Crippen LogP contribution in [0.25, 0.3) is 0 Å². The molecule has 1 amide bonds. The van der Waals surface area contributed by atoms with Gasteiger partial charge in [0.15, 0.2) is 11.5 Å². The van der Waals surface area contributed by atoms with Gasteiger partial charge >= 0.3 is 0 Å². The van der Waals surface area contributed by atoms with Gasteiger partial charge in [-0.15, -0.1) is 0 Å². The zero-order valence-electron chi connectivity index (χ0n) is 16.5. The Bertz CT molecular complexity index is 810. The molecule has 0 unspecified atom stereocenters. The molecule has 2 aromatic carbocycles. The second-order valence-electron chi connectivity index (χ2n) is 6.72. The first kappa shape index (κ1) is 19.9. The number of hydrogen-bond acceptors (Lipinski definition) is 4. The minimum Gasteiger partial charge on any atom is -0.493 e. The fraction of sp³-hybridized carbons (Fsp3) is 0.381. The highest BCUT2D eigenvalue weighted by molar-refractivity contribution is 5.95. The summed E-state index contributed by atoms with van der Waals surface area (Å²) in [5, 5.41) is 0. The predicted molar refractivity (Wildman–Crippen MR) is 103 cm³/mol. The van der Waals surface area contributed by atoms with Crippen LogP contribution in [0.3, 0.4) is 0 Å². The molecule has 0 atom stereocenters. The summed E-state index contributed by atoms with van der Waals surface area (Å²) >= 11 is 0. The van der Waals surface area contributed by atoms with Crippen LogP contribution in [0.5, 0.6) is 17.2 Å². The van der Waals surface area contributed by atoms with E-state index < -0.39 is 0 Å². The van der Waals surface area contributed by atoms with Crippen LogP contribution in [0.2, 0.25) is 0 Å². The first-order valence-corrected chi connectivity index (χ1v) is 9.23. The Labute approximate surface area is 164 Å². The topological polar surface area (TPSA) is 52.4 Å². The van der Waals surface area contributed by atoms with E-state index in [4.69, 9.17) is 14.2 Å². The normalized spacial score (nSPS) is 14.6. The summed E-state index contributed by atoms with van der Waals surface area (Å²) in [5.41, 5.74) is 1.20. The van der Waals surface area contributed by atoms with Crippen LogP contribution < -0.4 is 19.1 Å². The molecule has 28 heavy (non-hydrogen) atoms. The number of carbonyl (C=O) groups excluding carboxylic acids is 1. The minimum absolute atomic E-state index is 0.0794. The highest BCUT2D eigenvalue weighted by Gasteiger charge is 2.27. The van der Waals surface area contributed by atoms with Crippen molar-refractivity contribution in [1.82, 2.24) is 4.90 Å². The predicted octanol–water partition coefficient (Wildman–Crippen LogP) is 1.39. The second-order valence-corrected chi connectivity index (χ2v) is 6.72. The van der Waals surface area contributed by atoms with Crippen LogP contribution in [-0.4, -0.2) is 58.3 Å². The maximum atomic E-state index is 13.9. The van der Waals surface area contributed by atoms with Crippen molar-refractivity contribution in [3.8, 4) is 17.2 Å². The van der Waals surface area contributed by atoms with Crippen LogP contribution in [-0.2, 0) is 6.54 Å². The number of rotatable bonds is 6. The second kappa shape index (κ2) is 8.93. The molecule has 0 radical (unpaired) electrons. The van der Waals surface area contributed by atoms with Crippen molar-refractivity contribution in [2.75, 3.05) is 47.5 Å². The molecule has 0 saturated carbocycles. The van der Waals surface area contributed by atoms with Gasteiger partial charge in [0, 0.05) is 11.1 Å². The van der Waals surface area contributed by atoms with Crippen LogP contribution in [0.4, 0.5) is 4.39 Å². The number of benzene rings is 2. The van der Waals surface area contributed by atoms with Crippen LogP contribution >= 0.6 is 0 Å². The molecule has 1 fully saturated rings. The SMILES string of the molecule is COc1cc(C(=O)N2CC[NH+](Cc3ccccc3F)CC2)cc(OC)c1OC. The van der Waals surface area contributed by atoms with Gasteiger partial charge in [0.1, 0.15) is 12.4 Å². The molecule has 6 nitrogen and oxygen atoms in total. The zero-order valence-corrected chi connectivity index (χ0v) is 16.5. The van der Waals surface area contributed by atoms with E-state index in [1.807, 2.05) is 17.0 Å². The Balaban J connectivity index is 1.67. The molecule has 1 aliphatic heterocycles. The van der Waals surface area contributed by atoms with Crippen molar-refractivity contribution in [2.24, 2.45) is 0 Å². The molecule has 1 N–H and O–H groups in total. The molecular formula is C21H26FN2O4+. The van der Waals surface area contributed by atoms with E-state index in [-0.39, 0.29) is 11.7 Å². The third kappa shape index (κ3) is 4.20. The molecule has 1 aliphatic rings. The van der Waals surface area contributed by atoms with Gasteiger partial charge in [-0.05, 0) is 18.2 Å². The summed E-state index contributed by atoms with van der Waals surface area (Å²) < 4.78 is 29.8. The summed E-state index contributed by atoms with van der Waals surface area (Å²) in [6.45, 7) is 3.38. The molecular weight excluding hydrogens is 363 g/mol. The third-order valence-electron chi connectivity index (χ3n) is 5.07. The number of halogens is 1. The number of nitrogens with zero attached hydrogens (tertiary/aromatic N) is 1. The Hall–Kier alpha value is -2.80. The molecule has 0 spiro atoms. The Morgan fingerprint density at radius 2 is 1.64 bits per heavy atom. The quantitative estimate of drug-likeness (QED) is 0.811. The van der Waals surface area contributed by atoms with E-state index in [0.717, 1.165) is 13.1 Å². The van der Waals surface area contributed by atoms with E-state index in [0.29, 0.717) is 48.0 Å². The number of nitrogens with one attached hydrogen (secondary N) is 1. The van der Waals surface area contributed by atoms with Gasteiger partial charge in [0.25, 0.3) is 5.91 Å². The lowest BCUT2D eigenvalue weighted by Gasteiger charge is -2.32. The first-order chi connectivity index (χ1) is 13.6. The number of methoxy groups -OCH3 is 3. The maximum absolute atomic E-state index is 13.9. The zero-order chi connectivity index (χ0) is 20.1. The molecule has 1 saturated heterocycles. The summed E-state index contributed by atoms with van der Waals surface area (Å²) in [4.78, 5) is 16.0. The van der Waals surface area contributed by atoms with Crippen molar-refractivity contribution in [3.05, 3.63) is 53.3 Å². The molecule has 0 bridgehead atoms. The monoisotopic (exact) mass is 389 g/mol. The van der Waals surface area contributed by atoms with Crippen molar-refractivity contribution < 1.29 is 28.3 Å². The summed E-state index contributed by atoms with van der Waals surface area (Å²) in [6, 6.07) is 10.2. The van der Waals surface area contributed by atoms with Crippen molar-refractivity contribution in [3.63, 3.8) is 0 Å². The van der Waals surface area contributed by atoms with Gasteiger partial charge in [-0.3, -0.25) is 4.79 Å². The van der Waals surface area contributed by atoms with Gasteiger partial charge in [-0.2, -0.15) is 0 Å². The Kier molecular flexibility index (Phi) is 6.36. The van der Waals surface area contributed by atoms with E-state index in [2.05, 4.69) is 0 Å². The van der Waals surface area contributed by atoms with Crippen molar-refractivity contribution in [2.45, 2.75) is 6.54 Å². The minimum atomic E-state index is -0.175. The van der Waals surface area contributed by atoms with Gasteiger partial charge in [0.2, 0.25) is 5.75 Å². The van der Waals surface area contributed by atoms with Crippen molar-refractivity contribution in [1.29, 1.82) is 0 Å². The Morgan fingerprint density at radius 3 is 2.18 bits per heavy atom. The maximum Gasteiger partial charge on any atom is 0.254 e. The van der Waals surface area contributed by atoms with Gasteiger partial charge in [-0.25, -0.2) is 4.39 Å². The first-order valence-electron chi connectivity index (χ1n) is 9.23. The lowest BCUT2D eigenvalue weighted by atomic mass is 10.1. The highest BCUT2D eigenvalue weighted by Crippen LogP contribution is 2.38. The average molecular weight is 389 g/mol. The lowest BCUT2D eigenvalue weighted by Crippen LogP contribution is -3.13. The summed E-state index contributed by atoms with van der Waals surface area (Å²) in [6.07, 6.45) is 0. The smallest absolute Gasteiger partial charge is 0.254 e. The average Bonchev–Trinajstić information content (AvgIpc) is 2.74. The number of hydrogen-bond donors (Lipinski definition) is 1. The number of carbonyl (C=O) groups is 1. The lowest BCUT2D eigenvalue weighted by molar-refractivity contribution is -0.917. The molecule has 0 aromatic heterocycles. The van der Waals surface area contributed by atoms with Crippen LogP contribution in [0.1, 0.15) is 15.9 Å². The molecule has 3 rings (SSSR count). The van der Waals surface area contributed by atoms with E-state index >= 15 is 0 Å². The number of ether oxygens (including phenoxy) is 3. The number of piperazine rings is 1. The van der Waals surface area contributed by atoms with Crippen LogP contribution in [0.15, 0.2) is 36.4 Å². The number of quaternary nitrogens is 1. The number of amides is 1. The third-order valence-corrected chi connectivity index (χ3v) is 5.07. The standard InChI is InChI=1S/C21H25FN2O4/c1-26-18-12-16(13-19(27-2)20(18)28-3)21(25)24-10-8-23(9-11-24)14-15-6-4-5-7-17(15)22/h4-7,12-13H,8-11,14H2,1-3H3/p+1. The Morgan fingerprint density at radius 1 is 1.04 bits per heavy atom. The van der Waals surface area contributed by atoms with E-state index in [1.165, 1.54) is 32.3 Å². The van der Waals surface area contributed by atoms with E-state index in [9.17, 15) is 9.18 Å². The van der Waals surface area contributed by atoms with Crippen molar-refractivity contribution >= 4 is 5.91 Å². The molecule has 7 heteroatoms. The van der Waals surface area contributed by atoms with Crippen LogP contribution in [0, 0.1) is 5.82 Å². The van der Waals surface area contributed by atoms with E-state index in [1.54, 1.807) is 18.2 Å². The largest absolute Gasteiger partial charge is 0.493 e. The fourth-order valence-corrected chi connectivity index (χ4v) is 3.50.